The predicted octanol–water partition coefficient (Wildman–Crippen LogP) is 5.43. The van der Waals surface area contributed by atoms with Crippen LogP contribution in [0.2, 0.25) is 0 Å². The van der Waals surface area contributed by atoms with Crippen LogP contribution in [0.15, 0.2) is 89.1 Å². The molecule has 0 atom stereocenters. The predicted molar refractivity (Wildman–Crippen MR) is 156 cm³/mol. The first-order valence-electron chi connectivity index (χ1n) is 12.0. The molecule has 0 unspecified atom stereocenters. The molecule has 0 saturated carbocycles. The number of carbonyl (C=O) groups excluding carboxylic acids is 1. The van der Waals surface area contributed by atoms with Gasteiger partial charge in [0, 0.05) is 34.5 Å². The van der Waals surface area contributed by atoms with Crippen molar-refractivity contribution in [1.29, 1.82) is 0 Å². The van der Waals surface area contributed by atoms with Gasteiger partial charge in [0.1, 0.15) is 11.5 Å². The van der Waals surface area contributed by atoms with Crippen molar-refractivity contribution in [1.82, 2.24) is 9.97 Å². The lowest BCUT2D eigenvalue weighted by Gasteiger charge is -2.15. The van der Waals surface area contributed by atoms with Gasteiger partial charge in [0.05, 0.1) is 36.6 Å². The molecule has 0 fully saturated rings. The smallest absolute Gasteiger partial charge is 0.263 e. The summed E-state index contributed by atoms with van der Waals surface area (Å²) < 4.78 is 40.2. The number of nitrogens with zero attached hydrogens (tertiary/aromatic N) is 2. The molecule has 2 aromatic heterocycles. The molecule has 0 spiro atoms. The van der Waals surface area contributed by atoms with E-state index in [9.17, 15) is 13.2 Å². The molecule has 3 aromatic carbocycles. The van der Waals surface area contributed by atoms with Crippen molar-refractivity contribution in [3.63, 3.8) is 0 Å². The van der Waals surface area contributed by atoms with Crippen molar-refractivity contribution in [3.8, 4) is 11.5 Å². The summed E-state index contributed by atoms with van der Waals surface area (Å²) in [5.41, 5.74) is 1.98. The van der Waals surface area contributed by atoms with E-state index in [-0.39, 0.29) is 28.9 Å². The van der Waals surface area contributed by atoms with Crippen LogP contribution in [0.1, 0.15) is 4.88 Å². The first kappa shape index (κ1) is 26.9. The van der Waals surface area contributed by atoms with Crippen LogP contribution in [-0.2, 0) is 21.2 Å². The van der Waals surface area contributed by atoms with Crippen molar-refractivity contribution in [2.24, 2.45) is 0 Å². The van der Waals surface area contributed by atoms with Crippen LogP contribution in [-0.4, -0.2) is 38.5 Å². The van der Waals surface area contributed by atoms with E-state index in [1.165, 1.54) is 37.7 Å². The highest BCUT2D eigenvalue weighted by molar-refractivity contribution is 7.92. The van der Waals surface area contributed by atoms with Gasteiger partial charge in [0.25, 0.3) is 10.0 Å². The molecule has 40 heavy (non-hydrogen) atoms. The highest BCUT2D eigenvalue weighted by Crippen LogP contribution is 2.31. The molecule has 2 heterocycles. The van der Waals surface area contributed by atoms with Crippen LogP contribution in [0.4, 0.5) is 23.0 Å². The van der Waals surface area contributed by atoms with E-state index in [1.54, 1.807) is 48.5 Å². The number of hydrogen-bond donors (Lipinski definition) is 3. The number of anilines is 4. The van der Waals surface area contributed by atoms with Crippen molar-refractivity contribution < 1.29 is 22.7 Å². The van der Waals surface area contributed by atoms with Gasteiger partial charge in [-0.3, -0.25) is 9.52 Å². The molecule has 1 amide bonds. The lowest BCUT2D eigenvalue weighted by atomic mass is 10.2. The lowest BCUT2D eigenvalue weighted by molar-refractivity contribution is -0.115. The molecule has 0 aliphatic carbocycles. The van der Waals surface area contributed by atoms with Crippen molar-refractivity contribution in [2.45, 2.75) is 11.3 Å². The standard InChI is InChI=1S/C28H25N5O5S2/c1-37-20-13-19(14-21(16-20)38-2)30-27-28(32-25-11-4-3-10-24(25)31-27)33-40(35,36)23-9-5-7-18(15-23)29-26(34)17-22-8-6-12-39-22/h3-16H,17H2,1-2H3,(H,29,34)(H,30,31)(H,32,33). The van der Waals surface area contributed by atoms with Crippen LogP contribution in [0.25, 0.3) is 11.0 Å². The van der Waals surface area contributed by atoms with Gasteiger partial charge in [-0.1, -0.05) is 24.3 Å². The number of amides is 1. The maximum atomic E-state index is 13.5. The fourth-order valence-corrected chi connectivity index (χ4v) is 5.64. The van der Waals surface area contributed by atoms with E-state index in [2.05, 4.69) is 25.3 Å². The van der Waals surface area contributed by atoms with E-state index in [0.717, 1.165) is 4.88 Å². The minimum Gasteiger partial charge on any atom is -0.497 e. The average molecular weight is 576 g/mol. The normalized spacial score (nSPS) is 11.2. The summed E-state index contributed by atoms with van der Waals surface area (Å²) in [5.74, 6) is 1.00. The maximum Gasteiger partial charge on any atom is 0.263 e. The Morgan fingerprint density at radius 1 is 0.825 bits per heavy atom. The minimum atomic E-state index is -4.12. The second-order valence-corrected chi connectivity index (χ2v) is 11.3. The van der Waals surface area contributed by atoms with Gasteiger partial charge in [-0.25, -0.2) is 18.4 Å². The summed E-state index contributed by atoms with van der Waals surface area (Å²) in [7, 11) is -1.05. The van der Waals surface area contributed by atoms with Crippen molar-refractivity contribution in [2.75, 3.05) is 29.6 Å². The van der Waals surface area contributed by atoms with E-state index >= 15 is 0 Å². The number of benzene rings is 3. The third-order valence-corrected chi connectivity index (χ3v) is 7.97. The Hall–Kier alpha value is -4.68. The van der Waals surface area contributed by atoms with Crippen molar-refractivity contribution in [3.05, 3.63) is 89.1 Å². The van der Waals surface area contributed by atoms with Gasteiger partial charge < -0.3 is 20.1 Å². The van der Waals surface area contributed by atoms with Gasteiger partial charge in [0.15, 0.2) is 11.6 Å². The summed E-state index contributed by atoms with van der Waals surface area (Å²) in [6.45, 7) is 0. The Balaban J connectivity index is 1.45. The number of nitrogens with one attached hydrogen (secondary N) is 3. The van der Waals surface area contributed by atoms with E-state index < -0.39 is 10.0 Å². The van der Waals surface area contributed by atoms with Gasteiger partial charge >= 0.3 is 0 Å². The van der Waals surface area contributed by atoms with Gasteiger partial charge in [-0.15, -0.1) is 11.3 Å². The Morgan fingerprint density at radius 3 is 2.17 bits per heavy atom. The minimum absolute atomic E-state index is 0.00683. The summed E-state index contributed by atoms with van der Waals surface area (Å²) in [6.07, 6.45) is 0.198. The molecule has 0 radical (unpaired) electrons. The van der Waals surface area contributed by atoms with Crippen LogP contribution in [0.5, 0.6) is 11.5 Å². The number of rotatable bonds is 10. The Bertz CT molecular complexity index is 1750. The fourth-order valence-electron chi connectivity index (χ4n) is 3.88. The quantitative estimate of drug-likeness (QED) is 0.201. The molecule has 0 saturated heterocycles. The largest absolute Gasteiger partial charge is 0.497 e. The summed E-state index contributed by atoms with van der Waals surface area (Å²) in [6, 6.07) is 22.0. The Kier molecular flexibility index (Phi) is 7.80. The zero-order chi connectivity index (χ0) is 28.1. The number of carbonyl (C=O) groups is 1. The number of fused-ring (bicyclic) bond motifs is 1. The third kappa shape index (κ3) is 6.30. The molecule has 12 heteroatoms. The number of methoxy groups -OCH3 is 2. The molecule has 0 aliphatic heterocycles. The number of para-hydroxylation sites is 2. The second kappa shape index (κ2) is 11.6. The Morgan fingerprint density at radius 2 is 1.52 bits per heavy atom. The summed E-state index contributed by atoms with van der Waals surface area (Å²) in [4.78, 5) is 22.5. The van der Waals surface area contributed by atoms with Crippen LogP contribution >= 0.6 is 11.3 Å². The number of ether oxygens (including phenoxy) is 2. The van der Waals surface area contributed by atoms with E-state index in [1.807, 2.05) is 23.6 Å². The highest BCUT2D eigenvalue weighted by atomic mass is 32.2. The number of sulfonamides is 1. The summed E-state index contributed by atoms with van der Waals surface area (Å²) >= 11 is 1.48. The second-order valence-electron chi connectivity index (χ2n) is 8.57. The van der Waals surface area contributed by atoms with Crippen LogP contribution in [0.3, 0.4) is 0 Å². The molecule has 204 valence electrons. The number of aromatic nitrogens is 2. The van der Waals surface area contributed by atoms with E-state index in [4.69, 9.17) is 9.47 Å². The molecule has 0 aliphatic rings. The first-order chi connectivity index (χ1) is 19.3. The zero-order valence-electron chi connectivity index (χ0n) is 21.5. The molecule has 3 N–H and O–H groups in total. The molecular weight excluding hydrogens is 550 g/mol. The molecule has 10 nitrogen and oxygen atoms in total. The number of hydrogen-bond acceptors (Lipinski definition) is 9. The molecular formula is C28H25N5O5S2. The average Bonchev–Trinajstić information content (AvgIpc) is 3.46. The zero-order valence-corrected chi connectivity index (χ0v) is 23.2. The number of thiophene rings is 1. The van der Waals surface area contributed by atoms with Gasteiger partial charge in [0.2, 0.25) is 5.91 Å². The van der Waals surface area contributed by atoms with Crippen LogP contribution < -0.4 is 24.8 Å². The van der Waals surface area contributed by atoms with Crippen molar-refractivity contribution >= 4 is 61.3 Å². The molecule has 5 rings (SSSR count). The molecule has 0 bridgehead atoms. The summed E-state index contributed by atoms with van der Waals surface area (Å²) in [5, 5.41) is 7.78. The third-order valence-electron chi connectivity index (χ3n) is 5.76. The fraction of sp³-hybridized carbons (Fsp3) is 0.107. The van der Waals surface area contributed by atoms with Gasteiger partial charge in [-0.05, 0) is 41.8 Å². The lowest BCUT2D eigenvalue weighted by Crippen LogP contribution is -2.17. The molecule has 5 aromatic rings. The first-order valence-corrected chi connectivity index (χ1v) is 14.4. The SMILES string of the molecule is COc1cc(Nc2nc3ccccc3nc2NS(=O)(=O)c2cccc(NC(=O)Cc3cccs3)c2)cc(OC)c1. The van der Waals surface area contributed by atoms with Gasteiger partial charge in [-0.2, -0.15) is 0 Å². The van der Waals surface area contributed by atoms with E-state index in [0.29, 0.717) is 33.9 Å². The topological polar surface area (TPSA) is 132 Å². The maximum absolute atomic E-state index is 13.5. The van der Waals surface area contributed by atoms with Crippen LogP contribution in [0, 0.1) is 0 Å². The monoisotopic (exact) mass is 575 g/mol. The highest BCUT2D eigenvalue weighted by Gasteiger charge is 2.20. The Labute approximate surface area is 235 Å².